The maximum atomic E-state index is 6.03. The first-order valence-electron chi connectivity index (χ1n) is 6.60. The largest absolute Gasteiger partial charge is 0.374 e. The number of hydrogen-bond donors (Lipinski definition) is 1. The quantitative estimate of drug-likeness (QED) is 0.925. The van der Waals surface area contributed by atoms with Gasteiger partial charge in [-0.1, -0.05) is 6.92 Å². The predicted octanol–water partition coefficient (Wildman–Crippen LogP) is 2.57. The number of nitrogens with zero attached hydrogens (tertiary/aromatic N) is 2. The van der Waals surface area contributed by atoms with Gasteiger partial charge in [-0.2, -0.15) is 16.1 Å². The number of ether oxygens (including phenoxy) is 1. The lowest BCUT2D eigenvalue weighted by molar-refractivity contribution is -0.0628. The van der Waals surface area contributed by atoms with Crippen LogP contribution >= 0.6 is 23.3 Å². The van der Waals surface area contributed by atoms with Crippen LogP contribution < -0.4 is 5.32 Å². The number of aromatic nitrogens is 2. The monoisotopic (exact) mass is 285 g/mol. The summed E-state index contributed by atoms with van der Waals surface area (Å²) in [5.41, 5.74) is 0.138. The van der Waals surface area contributed by atoms with Crippen LogP contribution in [0.1, 0.15) is 32.0 Å². The maximum Gasteiger partial charge on any atom is 0.202 e. The van der Waals surface area contributed by atoms with Crippen LogP contribution in [0.3, 0.4) is 0 Å². The Labute approximate surface area is 116 Å². The van der Waals surface area contributed by atoms with E-state index in [0.717, 1.165) is 42.6 Å². The molecule has 0 amide bonds. The Kier molecular flexibility index (Phi) is 3.77. The van der Waals surface area contributed by atoms with Crippen LogP contribution in [0.5, 0.6) is 0 Å². The molecule has 0 bridgehead atoms. The molecule has 0 radical (unpaired) electrons. The molecule has 100 valence electrons. The summed E-state index contributed by atoms with van der Waals surface area (Å²) in [5.74, 6) is 3.34. The van der Waals surface area contributed by atoms with E-state index in [4.69, 9.17) is 4.74 Å². The van der Waals surface area contributed by atoms with E-state index in [2.05, 4.69) is 21.6 Å². The van der Waals surface area contributed by atoms with Crippen LogP contribution in [0.2, 0.25) is 0 Å². The van der Waals surface area contributed by atoms with Gasteiger partial charge < -0.3 is 10.1 Å². The molecule has 2 atom stereocenters. The number of thioether (sulfide) groups is 1. The zero-order chi connectivity index (χ0) is 12.4. The van der Waals surface area contributed by atoms with Crippen LogP contribution in [0.4, 0.5) is 5.13 Å². The number of aryl methyl sites for hydroxylation is 1. The lowest BCUT2D eigenvalue weighted by Crippen LogP contribution is -2.44. The van der Waals surface area contributed by atoms with Crippen molar-refractivity contribution < 1.29 is 4.74 Å². The Morgan fingerprint density at radius 1 is 1.56 bits per heavy atom. The second-order valence-electron chi connectivity index (χ2n) is 5.04. The molecule has 1 spiro atoms. The molecule has 1 aromatic heterocycles. The fourth-order valence-electron chi connectivity index (χ4n) is 2.65. The molecule has 2 saturated heterocycles. The van der Waals surface area contributed by atoms with Crippen molar-refractivity contribution in [3.63, 3.8) is 0 Å². The topological polar surface area (TPSA) is 47.0 Å². The van der Waals surface area contributed by atoms with E-state index in [9.17, 15) is 0 Å². The number of hydrogen-bond acceptors (Lipinski definition) is 6. The molecule has 6 heteroatoms. The van der Waals surface area contributed by atoms with E-state index in [-0.39, 0.29) is 5.60 Å². The van der Waals surface area contributed by atoms with E-state index in [1.807, 2.05) is 11.8 Å². The van der Waals surface area contributed by atoms with E-state index >= 15 is 0 Å². The van der Waals surface area contributed by atoms with E-state index in [1.165, 1.54) is 23.7 Å². The minimum Gasteiger partial charge on any atom is -0.374 e. The average Bonchev–Trinajstić information content (AvgIpc) is 2.99. The summed E-state index contributed by atoms with van der Waals surface area (Å²) in [6.45, 7) is 2.96. The molecule has 0 aromatic carbocycles. The normalized spacial score (nSPS) is 31.9. The van der Waals surface area contributed by atoms with E-state index in [0.29, 0.717) is 6.04 Å². The summed E-state index contributed by atoms with van der Waals surface area (Å²) >= 11 is 3.50. The standard InChI is InChI=1S/C12H19N3OS2/c1-2-10-14-11(18-15-10)13-9-3-5-16-12(7-9)4-6-17-8-12/h9H,2-8H2,1H3,(H,13,14,15)/t9-,12-/m1/s1. The van der Waals surface area contributed by atoms with Gasteiger partial charge in [0, 0.05) is 36.4 Å². The minimum absolute atomic E-state index is 0.138. The van der Waals surface area contributed by atoms with Crippen molar-refractivity contribution in [2.75, 3.05) is 23.4 Å². The third-order valence-corrected chi connectivity index (χ3v) is 5.58. The highest BCUT2D eigenvalue weighted by atomic mass is 32.2. The Morgan fingerprint density at radius 3 is 3.22 bits per heavy atom. The lowest BCUT2D eigenvalue weighted by Gasteiger charge is -2.37. The van der Waals surface area contributed by atoms with Crippen LogP contribution in [-0.2, 0) is 11.2 Å². The van der Waals surface area contributed by atoms with Crippen molar-refractivity contribution in [3.05, 3.63) is 5.82 Å². The Balaban J connectivity index is 1.62. The van der Waals surface area contributed by atoms with Gasteiger partial charge in [0.2, 0.25) is 5.13 Å². The average molecular weight is 285 g/mol. The van der Waals surface area contributed by atoms with Gasteiger partial charge in [-0.25, -0.2) is 4.98 Å². The molecular formula is C12H19N3OS2. The number of nitrogens with one attached hydrogen (secondary N) is 1. The third-order valence-electron chi connectivity index (χ3n) is 3.67. The summed E-state index contributed by atoms with van der Waals surface area (Å²) in [7, 11) is 0. The summed E-state index contributed by atoms with van der Waals surface area (Å²) in [5, 5.41) is 4.51. The molecule has 1 N–H and O–H groups in total. The fourth-order valence-corrected chi connectivity index (χ4v) is 4.75. The van der Waals surface area contributed by atoms with Gasteiger partial charge in [-0.15, -0.1) is 0 Å². The van der Waals surface area contributed by atoms with E-state index in [1.54, 1.807) is 0 Å². The molecule has 2 aliphatic rings. The highest BCUT2D eigenvalue weighted by molar-refractivity contribution is 7.99. The van der Waals surface area contributed by atoms with E-state index < -0.39 is 0 Å². The van der Waals surface area contributed by atoms with Crippen molar-refractivity contribution >= 4 is 28.4 Å². The summed E-state index contributed by atoms with van der Waals surface area (Å²) in [6, 6.07) is 0.495. The molecule has 1 aromatic rings. The predicted molar refractivity (Wildman–Crippen MR) is 76.6 cm³/mol. The second-order valence-corrected chi connectivity index (χ2v) is 6.89. The highest BCUT2D eigenvalue weighted by Gasteiger charge is 2.40. The summed E-state index contributed by atoms with van der Waals surface area (Å²) in [4.78, 5) is 4.49. The first kappa shape index (κ1) is 12.7. The summed E-state index contributed by atoms with van der Waals surface area (Å²) in [6.07, 6.45) is 4.30. The van der Waals surface area contributed by atoms with Crippen molar-refractivity contribution in [3.8, 4) is 0 Å². The van der Waals surface area contributed by atoms with Crippen molar-refractivity contribution in [1.82, 2.24) is 9.36 Å². The zero-order valence-corrected chi connectivity index (χ0v) is 12.3. The molecule has 3 heterocycles. The third kappa shape index (κ3) is 2.65. The minimum atomic E-state index is 0.138. The second kappa shape index (κ2) is 5.35. The molecule has 0 unspecified atom stereocenters. The smallest absolute Gasteiger partial charge is 0.202 e. The van der Waals surface area contributed by atoms with Crippen LogP contribution in [0.15, 0.2) is 0 Å². The van der Waals surface area contributed by atoms with Crippen LogP contribution in [0.25, 0.3) is 0 Å². The molecule has 0 saturated carbocycles. The first-order chi connectivity index (χ1) is 8.80. The van der Waals surface area contributed by atoms with Crippen LogP contribution in [0, 0.1) is 0 Å². The maximum absolute atomic E-state index is 6.03. The number of anilines is 1. The first-order valence-corrected chi connectivity index (χ1v) is 8.53. The van der Waals surface area contributed by atoms with Gasteiger partial charge in [-0.05, 0) is 25.0 Å². The molecule has 2 fully saturated rings. The Morgan fingerprint density at radius 2 is 2.50 bits per heavy atom. The van der Waals surface area contributed by atoms with Crippen molar-refractivity contribution in [2.24, 2.45) is 0 Å². The molecule has 2 aliphatic heterocycles. The van der Waals surface area contributed by atoms with Gasteiger partial charge in [0.25, 0.3) is 0 Å². The molecule has 18 heavy (non-hydrogen) atoms. The molecular weight excluding hydrogens is 266 g/mol. The SMILES string of the molecule is CCc1nsc(N[C@@H]2CCO[C@]3(CCSC3)C2)n1. The van der Waals surface area contributed by atoms with Gasteiger partial charge in [-0.3, -0.25) is 0 Å². The van der Waals surface area contributed by atoms with Gasteiger partial charge in [0.1, 0.15) is 5.82 Å². The van der Waals surface area contributed by atoms with Crippen molar-refractivity contribution in [2.45, 2.75) is 44.2 Å². The fraction of sp³-hybridized carbons (Fsp3) is 0.833. The molecule has 0 aliphatic carbocycles. The van der Waals surface area contributed by atoms with Gasteiger partial charge >= 0.3 is 0 Å². The molecule has 3 rings (SSSR count). The highest BCUT2D eigenvalue weighted by Crippen LogP contribution is 2.39. The van der Waals surface area contributed by atoms with Crippen LogP contribution in [-0.4, -0.2) is 39.1 Å². The number of rotatable bonds is 3. The Bertz CT molecular complexity index is 404. The van der Waals surface area contributed by atoms with Gasteiger partial charge in [0.05, 0.1) is 5.60 Å². The van der Waals surface area contributed by atoms with Gasteiger partial charge in [0.15, 0.2) is 0 Å². The summed E-state index contributed by atoms with van der Waals surface area (Å²) < 4.78 is 10.3. The molecule has 4 nitrogen and oxygen atoms in total. The van der Waals surface area contributed by atoms with Crippen molar-refractivity contribution in [1.29, 1.82) is 0 Å². The Hall–Kier alpha value is -0.330. The zero-order valence-electron chi connectivity index (χ0n) is 10.6. The lowest BCUT2D eigenvalue weighted by atomic mass is 9.90.